The first-order valence-electron chi connectivity index (χ1n) is 6.72. The fourth-order valence-corrected chi connectivity index (χ4v) is 1.79. The summed E-state index contributed by atoms with van der Waals surface area (Å²) in [5.41, 5.74) is 4.26. The van der Waals surface area contributed by atoms with Crippen molar-refractivity contribution in [3.05, 3.63) is 54.0 Å². The predicted octanol–water partition coefficient (Wildman–Crippen LogP) is 2.93. The van der Waals surface area contributed by atoms with Gasteiger partial charge in [0.25, 0.3) is 5.91 Å². The van der Waals surface area contributed by atoms with Gasteiger partial charge in [-0.15, -0.1) is 0 Å². The highest BCUT2D eigenvalue weighted by atomic mass is 16.5. The normalized spacial score (nSPS) is 11.0. The zero-order chi connectivity index (χ0) is 15.1. The second kappa shape index (κ2) is 7.28. The van der Waals surface area contributed by atoms with Gasteiger partial charge >= 0.3 is 0 Å². The van der Waals surface area contributed by atoms with Crippen molar-refractivity contribution in [1.29, 1.82) is 0 Å². The highest BCUT2D eigenvalue weighted by Gasteiger charge is 2.08. The van der Waals surface area contributed by atoms with E-state index in [9.17, 15) is 4.79 Å². The topological polar surface area (TPSA) is 63.8 Å². The van der Waals surface area contributed by atoms with Crippen LogP contribution < -0.4 is 10.2 Å². The molecule has 0 bridgehead atoms. The SMILES string of the molecule is CC(C)c1ccccc1OCC(=O)N/N=C/c1ccoc1. The lowest BCUT2D eigenvalue weighted by Crippen LogP contribution is -2.24. The Balaban J connectivity index is 1.84. The van der Waals surface area contributed by atoms with Crippen LogP contribution in [0.1, 0.15) is 30.9 Å². The van der Waals surface area contributed by atoms with E-state index in [2.05, 4.69) is 24.4 Å². The van der Waals surface area contributed by atoms with Crippen LogP contribution in [0.5, 0.6) is 5.75 Å². The molecule has 2 rings (SSSR count). The van der Waals surface area contributed by atoms with Gasteiger partial charge in [-0.3, -0.25) is 4.79 Å². The van der Waals surface area contributed by atoms with Gasteiger partial charge in [0.05, 0.1) is 18.7 Å². The number of benzene rings is 1. The first kappa shape index (κ1) is 14.8. The minimum atomic E-state index is -0.312. The summed E-state index contributed by atoms with van der Waals surface area (Å²) in [7, 11) is 0. The molecule has 0 aliphatic rings. The van der Waals surface area contributed by atoms with Gasteiger partial charge in [-0.05, 0) is 23.6 Å². The molecule has 5 heteroatoms. The van der Waals surface area contributed by atoms with Gasteiger partial charge in [-0.2, -0.15) is 5.10 Å². The van der Waals surface area contributed by atoms with Crippen LogP contribution in [-0.2, 0) is 4.79 Å². The molecule has 0 unspecified atom stereocenters. The van der Waals surface area contributed by atoms with Gasteiger partial charge in [0.15, 0.2) is 6.61 Å². The van der Waals surface area contributed by atoms with Crippen LogP contribution in [0.3, 0.4) is 0 Å². The number of hydrogen-bond acceptors (Lipinski definition) is 4. The summed E-state index contributed by atoms with van der Waals surface area (Å²) < 4.78 is 10.4. The first-order chi connectivity index (χ1) is 10.2. The lowest BCUT2D eigenvalue weighted by Gasteiger charge is -2.12. The number of amides is 1. The number of hydrogen-bond donors (Lipinski definition) is 1. The molecule has 21 heavy (non-hydrogen) atoms. The van der Waals surface area contributed by atoms with Gasteiger partial charge in [0.1, 0.15) is 5.75 Å². The van der Waals surface area contributed by atoms with Crippen molar-refractivity contribution in [2.75, 3.05) is 6.61 Å². The molecule has 1 aromatic carbocycles. The van der Waals surface area contributed by atoms with Crippen LogP contribution in [0.25, 0.3) is 0 Å². The van der Waals surface area contributed by atoms with Crippen LogP contribution in [0.15, 0.2) is 52.4 Å². The molecule has 0 saturated heterocycles. The summed E-state index contributed by atoms with van der Waals surface area (Å²) in [5, 5.41) is 3.82. The van der Waals surface area contributed by atoms with Gasteiger partial charge in [-0.1, -0.05) is 32.0 Å². The van der Waals surface area contributed by atoms with E-state index < -0.39 is 0 Å². The number of nitrogens with one attached hydrogen (secondary N) is 1. The average Bonchev–Trinajstić information content (AvgIpc) is 2.98. The third-order valence-electron chi connectivity index (χ3n) is 2.85. The highest BCUT2D eigenvalue weighted by molar-refractivity contribution is 5.82. The summed E-state index contributed by atoms with van der Waals surface area (Å²) in [5.74, 6) is 0.748. The molecule has 1 amide bonds. The highest BCUT2D eigenvalue weighted by Crippen LogP contribution is 2.25. The maximum atomic E-state index is 11.7. The summed E-state index contributed by atoms with van der Waals surface area (Å²) in [6.45, 7) is 4.08. The van der Waals surface area contributed by atoms with Crippen LogP contribution in [0, 0.1) is 0 Å². The van der Waals surface area contributed by atoms with E-state index in [-0.39, 0.29) is 12.5 Å². The Hall–Kier alpha value is -2.56. The zero-order valence-electron chi connectivity index (χ0n) is 12.1. The van der Waals surface area contributed by atoms with E-state index in [1.54, 1.807) is 6.07 Å². The summed E-state index contributed by atoms with van der Waals surface area (Å²) in [6.07, 6.45) is 4.57. The Morgan fingerprint density at radius 2 is 2.19 bits per heavy atom. The fraction of sp³-hybridized carbons (Fsp3) is 0.250. The van der Waals surface area contributed by atoms with E-state index in [0.717, 1.165) is 16.9 Å². The van der Waals surface area contributed by atoms with E-state index in [1.165, 1.54) is 18.7 Å². The third kappa shape index (κ3) is 4.49. The molecular formula is C16H18N2O3. The van der Waals surface area contributed by atoms with Crippen LogP contribution >= 0.6 is 0 Å². The second-order valence-electron chi connectivity index (χ2n) is 4.83. The Morgan fingerprint density at radius 3 is 2.90 bits per heavy atom. The number of furan rings is 1. The van der Waals surface area contributed by atoms with E-state index in [4.69, 9.17) is 9.15 Å². The standard InChI is InChI=1S/C16H18N2O3/c1-12(2)14-5-3-4-6-15(14)21-11-16(19)18-17-9-13-7-8-20-10-13/h3-10,12H,11H2,1-2H3,(H,18,19)/b17-9+. The zero-order valence-corrected chi connectivity index (χ0v) is 12.1. The van der Waals surface area contributed by atoms with Gasteiger partial charge in [0.2, 0.25) is 0 Å². The third-order valence-corrected chi connectivity index (χ3v) is 2.85. The molecule has 1 aromatic heterocycles. The van der Waals surface area contributed by atoms with Crippen molar-refractivity contribution in [1.82, 2.24) is 5.43 Å². The molecule has 0 aliphatic carbocycles. The van der Waals surface area contributed by atoms with E-state index in [0.29, 0.717) is 5.92 Å². The van der Waals surface area contributed by atoms with Crippen molar-refractivity contribution in [2.24, 2.45) is 5.10 Å². The largest absolute Gasteiger partial charge is 0.483 e. The minimum Gasteiger partial charge on any atom is -0.483 e. The van der Waals surface area contributed by atoms with Crippen LogP contribution in [0.4, 0.5) is 0 Å². The van der Waals surface area contributed by atoms with Gasteiger partial charge in [-0.25, -0.2) is 5.43 Å². The lowest BCUT2D eigenvalue weighted by molar-refractivity contribution is -0.123. The maximum absolute atomic E-state index is 11.7. The molecule has 0 spiro atoms. The first-order valence-corrected chi connectivity index (χ1v) is 6.72. The van der Waals surface area contributed by atoms with E-state index >= 15 is 0 Å². The minimum absolute atomic E-state index is 0.0769. The molecule has 0 atom stereocenters. The molecule has 110 valence electrons. The Bertz CT molecular complexity index is 604. The Morgan fingerprint density at radius 1 is 1.38 bits per heavy atom. The summed E-state index contributed by atoms with van der Waals surface area (Å²) in [6, 6.07) is 9.44. The quantitative estimate of drug-likeness (QED) is 0.656. The number of carbonyl (C=O) groups excluding carboxylic acids is 1. The second-order valence-corrected chi connectivity index (χ2v) is 4.83. The molecule has 2 aromatic rings. The monoisotopic (exact) mass is 286 g/mol. The molecule has 0 aliphatic heterocycles. The molecule has 1 heterocycles. The van der Waals surface area contributed by atoms with E-state index in [1.807, 2.05) is 24.3 Å². The summed E-state index contributed by atoms with van der Waals surface area (Å²) in [4.78, 5) is 11.7. The summed E-state index contributed by atoms with van der Waals surface area (Å²) >= 11 is 0. The van der Waals surface area contributed by atoms with Gasteiger partial charge < -0.3 is 9.15 Å². The lowest BCUT2D eigenvalue weighted by atomic mass is 10.0. The number of carbonyl (C=O) groups is 1. The predicted molar refractivity (Wildman–Crippen MR) is 80.5 cm³/mol. The number of ether oxygens (including phenoxy) is 1. The smallest absolute Gasteiger partial charge is 0.277 e. The molecule has 1 N–H and O–H groups in total. The van der Waals surface area contributed by atoms with Crippen LogP contribution in [0.2, 0.25) is 0 Å². The molecule has 0 fully saturated rings. The van der Waals surface area contributed by atoms with Crippen molar-refractivity contribution >= 4 is 12.1 Å². The molecular weight excluding hydrogens is 268 g/mol. The van der Waals surface area contributed by atoms with Crippen molar-refractivity contribution in [3.63, 3.8) is 0 Å². The average molecular weight is 286 g/mol. The Kier molecular flexibility index (Phi) is 5.15. The number of rotatable bonds is 6. The molecule has 5 nitrogen and oxygen atoms in total. The number of para-hydroxylation sites is 1. The van der Waals surface area contributed by atoms with Crippen LogP contribution in [-0.4, -0.2) is 18.7 Å². The number of hydrazone groups is 1. The van der Waals surface area contributed by atoms with Crippen molar-refractivity contribution in [3.8, 4) is 5.75 Å². The van der Waals surface area contributed by atoms with Crippen molar-refractivity contribution in [2.45, 2.75) is 19.8 Å². The Labute approximate surface area is 123 Å². The number of nitrogens with zero attached hydrogens (tertiary/aromatic N) is 1. The fourth-order valence-electron chi connectivity index (χ4n) is 1.79. The van der Waals surface area contributed by atoms with Crippen molar-refractivity contribution < 1.29 is 13.9 Å². The maximum Gasteiger partial charge on any atom is 0.277 e. The molecule has 0 saturated carbocycles. The van der Waals surface area contributed by atoms with Gasteiger partial charge in [0, 0.05) is 5.56 Å². The molecule has 0 radical (unpaired) electrons.